The zero-order chi connectivity index (χ0) is 14.9. The number of ether oxygens (including phenoxy) is 2. The Morgan fingerprint density at radius 3 is 2.30 bits per heavy atom. The van der Waals surface area contributed by atoms with Gasteiger partial charge in [0.25, 0.3) is 0 Å². The summed E-state index contributed by atoms with van der Waals surface area (Å²) in [7, 11) is 0. The Morgan fingerprint density at radius 1 is 1.15 bits per heavy atom. The van der Waals surface area contributed by atoms with Crippen molar-refractivity contribution in [3.05, 3.63) is 0 Å². The SMILES string of the molecule is CCSC1(CNC2CC(C)(C)OC2(C)C)CCOCC1. The van der Waals surface area contributed by atoms with E-state index in [4.69, 9.17) is 9.47 Å². The highest BCUT2D eigenvalue weighted by molar-refractivity contribution is 8.00. The number of thioether (sulfide) groups is 1. The van der Waals surface area contributed by atoms with Gasteiger partial charge in [-0.15, -0.1) is 0 Å². The van der Waals surface area contributed by atoms with Crippen LogP contribution in [0.1, 0.15) is 53.9 Å². The molecule has 0 aromatic heterocycles. The highest BCUT2D eigenvalue weighted by atomic mass is 32.2. The normalized spacial score (nSPS) is 31.4. The lowest BCUT2D eigenvalue weighted by Crippen LogP contribution is -2.50. The molecule has 1 N–H and O–H groups in total. The van der Waals surface area contributed by atoms with Crippen molar-refractivity contribution >= 4 is 11.8 Å². The third-order valence-corrected chi connectivity index (χ3v) is 6.05. The van der Waals surface area contributed by atoms with Crippen molar-refractivity contribution in [2.24, 2.45) is 0 Å². The molecule has 3 nitrogen and oxygen atoms in total. The summed E-state index contributed by atoms with van der Waals surface area (Å²) >= 11 is 2.10. The summed E-state index contributed by atoms with van der Waals surface area (Å²) in [5.41, 5.74) is -0.0886. The first-order valence-electron chi connectivity index (χ1n) is 7.94. The molecule has 2 aliphatic heterocycles. The highest BCUT2D eigenvalue weighted by Gasteiger charge is 2.46. The van der Waals surface area contributed by atoms with Gasteiger partial charge in [-0.2, -0.15) is 11.8 Å². The molecule has 1 atom stereocenters. The van der Waals surface area contributed by atoms with E-state index in [1.165, 1.54) is 5.75 Å². The first kappa shape index (κ1) is 16.6. The third-order valence-electron chi connectivity index (χ3n) is 4.60. The maximum absolute atomic E-state index is 6.19. The Balaban J connectivity index is 1.95. The van der Waals surface area contributed by atoms with Gasteiger partial charge in [-0.1, -0.05) is 6.92 Å². The molecule has 0 saturated carbocycles. The van der Waals surface area contributed by atoms with Gasteiger partial charge < -0.3 is 14.8 Å². The van der Waals surface area contributed by atoms with Crippen LogP contribution in [0.4, 0.5) is 0 Å². The van der Waals surface area contributed by atoms with Crippen molar-refractivity contribution in [1.29, 1.82) is 0 Å². The number of hydrogen-bond donors (Lipinski definition) is 1. The standard InChI is InChI=1S/C16H31NO2S/c1-6-20-16(7-9-18-10-8-16)12-17-13-11-14(2,3)19-15(13,4)5/h13,17H,6-12H2,1-5H3. The molecule has 20 heavy (non-hydrogen) atoms. The van der Waals surface area contributed by atoms with E-state index < -0.39 is 0 Å². The Labute approximate surface area is 128 Å². The lowest BCUT2D eigenvalue weighted by molar-refractivity contribution is -0.0700. The number of nitrogens with one attached hydrogen (secondary N) is 1. The van der Waals surface area contributed by atoms with Crippen molar-refractivity contribution < 1.29 is 9.47 Å². The fraction of sp³-hybridized carbons (Fsp3) is 1.00. The molecule has 2 aliphatic rings. The second-order valence-electron chi connectivity index (χ2n) is 7.33. The molecule has 0 aromatic rings. The fourth-order valence-electron chi connectivity index (χ4n) is 3.61. The molecule has 4 heteroatoms. The molecule has 0 spiro atoms. The van der Waals surface area contributed by atoms with Crippen LogP contribution >= 0.6 is 11.8 Å². The maximum Gasteiger partial charge on any atom is 0.0787 e. The molecule has 2 rings (SSSR count). The first-order chi connectivity index (χ1) is 9.29. The lowest BCUT2D eigenvalue weighted by Gasteiger charge is -2.39. The average molecular weight is 301 g/mol. The van der Waals surface area contributed by atoms with Crippen molar-refractivity contribution in [1.82, 2.24) is 5.32 Å². The van der Waals surface area contributed by atoms with Crippen molar-refractivity contribution in [2.45, 2.75) is 75.9 Å². The molecule has 2 fully saturated rings. The molecule has 1 unspecified atom stereocenters. The van der Waals surface area contributed by atoms with Gasteiger partial charge in [-0.05, 0) is 52.7 Å². The van der Waals surface area contributed by atoms with E-state index in [0.717, 1.165) is 39.0 Å². The van der Waals surface area contributed by atoms with Gasteiger partial charge in [0.1, 0.15) is 0 Å². The molecule has 2 saturated heterocycles. The first-order valence-corrected chi connectivity index (χ1v) is 8.92. The Morgan fingerprint density at radius 2 is 1.80 bits per heavy atom. The summed E-state index contributed by atoms with van der Waals surface area (Å²) in [6, 6.07) is 0.440. The van der Waals surface area contributed by atoms with Gasteiger partial charge in [0.15, 0.2) is 0 Å². The summed E-state index contributed by atoms with van der Waals surface area (Å²) < 4.78 is 12.1. The van der Waals surface area contributed by atoms with Crippen LogP contribution in [0.5, 0.6) is 0 Å². The lowest BCUT2D eigenvalue weighted by atomic mass is 9.92. The second-order valence-corrected chi connectivity index (χ2v) is 9.06. The van der Waals surface area contributed by atoms with Gasteiger partial charge in [-0.3, -0.25) is 0 Å². The monoisotopic (exact) mass is 301 g/mol. The number of rotatable bonds is 5. The van der Waals surface area contributed by atoms with E-state index in [9.17, 15) is 0 Å². The van der Waals surface area contributed by atoms with Crippen molar-refractivity contribution in [3.63, 3.8) is 0 Å². The van der Waals surface area contributed by atoms with E-state index in [1.54, 1.807) is 0 Å². The summed E-state index contributed by atoms with van der Waals surface area (Å²) in [4.78, 5) is 0. The minimum Gasteiger partial charge on any atom is -0.381 e. The Hall–Kier alpha value is 0.230. The third kappa shape index (κ3) is 3.90. The zero-order valence-corrected chi connectivity index (χ0v) is 14.6. The maximum atomic E-state index is 6.19. The molecule has 2 heterocycles. The van der Waals surface area contributed by atoms with Crippen LogP contribution in [0.2, 0.25) is 0 Å². The largest absolute Gasteiger partial charge is 0.381 e. The summed E-state index contributed by atoms with van der Waals surface area (Å²) in [6.07, 6.45) is 3.41. The Kier molecular flexibility index (Phi) is 5.11. The molecule has 0 radical (unpaired) electrons. The summed E-state index contributed by atoms with van der Waals surface area (Å²) in [6.45, 7) is 14.0. The van der Waals surface area contributed by atoms with Crippen LogP contribution in [0.15, 0.2) is 0 Å². The van der Waals surface area contributed by atoms with Gasteiger partial charge >= 0.3 is 0 Å². The van der Waals surface area contributed by atoms with Crippen molar-refractivity contribution in [3.8, 4) is 0 Å². The minimum atomic E-state index is -0.0766. The minimum absolute atomic E-state index is 0.0120. The fourth-order valence-corrected chi connectivity index (χ4v) is 4.86. The smallest absolute Gasteiger partial charge is 0.0787 e. The van der Waals surface area contributed by atoms with E-state index in [1.807, 2.05) is 0 Å². The molecule has 118 valence electrons. The molecule has 0 aliphatic carbocycles. The van der Waals surface area contributed by atoms with E-state index >= 15 is 0 Å². The van der Waals surface area contributed by atoms with Crippen LogP contribution in [0.25, 0.3) is 0 Å². The van der Waals surface area contributed by atoms with Crippen molar-refractivity contribution in [2.75, 3.05) is 25.5 Å². The number of hydrogen-bond acceptors (Lipinski definition) is 4. The predicted octanol–water partition coefficient (Wildman–Crippen LogP) is 3.22. The Bertz CT molecular complexity index is 319. The summed E-state index contributed by atoms with van der Waals surface area (Å²) in [5.74, 6) is 1.18. The predicted molar refractivity (Wildman–Crippen MR) is 86.6 cm³/mol. The summed E-state index contributed by atoms with van der Waals surface area (Å²) in [5, 5.41) is 3.82. The van der Waals surface area contributed by atoms with Crippen LogP contribution in [0.3, 0.4) is 0 Å². The molecule has 0 aromatic carbocycles. The van der Waals surface area contributed by atoms with Crippen LogP contribution in [0, 0.1) is 0 Å². The molecular weight excluding hydrogens is 270 g/mol. The van der Waals surface area contributed by atoms with Crippen LogP contribution < -0.4 is 5.32 Å². The molecule has 0 bridgehead atoms. The van der Waals surface area contributed by atoms with Gasteiger partial charge in [0.05, 0.1) is 11.2 Å². The topological polar surface area (TPSA) is 30.5 Å². The van der Waals surface area contributed by atoms with E-state index in [2.05, 4.69) is 51.7 Å². The van der Waals surface area contributed by atoms with Gasteiger partial charge in [-0.25, -0.2) is 0 Å². The zero-order valence-electron chi connectivity index (χ0n) is 13.8. The molecule has 0 amide bonds. The molecular formula is C16H31NO2S. The van der Waals surface area contributed by atoms with Gasteiger partial charge in [0.2, 0.25) is 0 Å². The average Bonchev–Trinajstić information content (AvgIpc) is 2.56. The second kappa shape index (κ2) is 6.15. The van der Waals surface area contributed by atoms with Crippen LogP contribution in [-0.2, 0) is 9.47 Å². The van der Waals surface area contributed by atoms with Crippen LogP contribution in [-0.4, -0.2) is 47.5 Å². The van der Waals surface area contributed by atoms with E-state index in [-0.39, 0.29) is 11.2 Å². The highest BCUT2D eigenvalue weighted by Crippen LogP contribution is 2.39. The van der Waals surface area contributed by atoms with E-state index in [0.29, 0.717) is 10.8 Å². The quantitative estimate of drug-likeness (QED) is 0.844. The van der Waals surface area contributed by atoms with Gasteiger partial charge in [0, 0.05) is 30.5 Å².